The minimum absolute atomic E-state index is 0.112. The standard InChI is InChI=1S/C14H27N3O3S/c1-21(19,20)17-8-6-13(7-9-17)16-14(18)12-4-2-11(10-15)3-5-12/h11-13H,2-10,15H2,1H3,(H,16,18). The summed E-state index contributed by atoms with van der Waals surface area (Å²) in [5, 5.41) is 3.10. The van der Waals surface area contributed by atoms with Gasteiger partial charge in [-0.25, -0.2) is 12.7 Å². The van der Waals surface area contributed by atoms with Gasteiger partial charge in [0.1, 0.15) is 0 Å². The normalized spacial score (nSPS) is 29.2. The van der Waals surface area contributed by atoms with Crippen LogP contribution in [0.25, 0.3) is 0 Å². The first-order valence-corrected chi connectivity index (χ1v) is 9.70. The number of amides is 1. The molecule has 3 N–H and O–H groups in total. The first kappa shape index (κ1) is 16.7. The lowest BCUT2D eigenvalue weighted by molar-refractivity contribution is -0.127. The summed E-state index contributed by atoms with van der Waals surface area (Å²) in [5.74, 6) is 0.830. The number of rotatable bonds is 4. The van der Waals surface area contributed by atoms with E-state index in [-0.39, 0.29) is 17.9 Å². The second kappa shape index (κ2) is 7.07. The van der Waals surface area contributed by atoms with Crippen molar-refractivity contribution in [1.82, 2.24) is 9.62 Å². The highest BCUT2D eigenvalue weighted by Crippen LogP contribution is 2.28. The fourth-order valence-electron chi connectivity index (χ4n) is 3.31. The van der Waals surface area contributed by atoms with Gasteiger partial charge in [-0.2, -0.15) is 0 Å². The molecule has 1 heterocycles. The van der Waals surface area contributed by atoms with Crippen molar-refractivity contribution in [3.8, 4) is 0 Å². The number of hydrogen-bond acceptors (Lipinski definition) is 4. The first-order chi connectivity index (χ1) is 9.90. The third kappa shape index (κ3) is 4.66. The Bertz CT molecular complexity index is 450. The Labute approximate surface area is 127 Å². The van der Waals surface area contributed by atoms with Crippen molar-refractivity contribution in [3.05, 3.63) is 0 Å². The van der Waals surface area contributed by atoms with Crippen LogP contribution in [0.1, 0.15) is 38.5 Å². The van der Waals surface area contributed by atoms with E-state index in [4.69, 9.17) is 5.73 Å². The molecule has 0 aromatic carbocycles. The van der Waals surface area contributed by atoms with Gasteiger partial charge in [-0.05, 0) is 51.0 Å². The van der Waals surface area contributed by atoms with E-state index >= 15 is 0 Å². The molecular formula is C14H27N3O3S. The van der Waals surface area contributed by atoms with E-state index in [2.05, 4.69) is 5.32 Å². The summed E-state index contributed by atoms with van der Waals surface area (Å²) in [7, 11) is -3.10. The highest BCUT2D eigenvalue weighted by atomic mass is 32.2. The summed E-state index contributed by atoms with van der Waals surface area (Å²) in [5.41, 5.74) is 5.67. The zero-order valence-corrected chi connectivity index (χ0v) is 13.6. The van der Waals surface area contributed by atoms with Crippen molar-refractivity contribution >= 4 is 15.9 Å². The number of carbonyl (C=O) groups is 1. The maximum atomic E-state index is 12.3. The predicted molar refractivity (Wildman–Crippen MR) is 82.1 cm³/mol. The molecular weight excluding hydrogens is 290 g/mol. The lowest BCUT2D eigenvalue weighted by Gasteiger charge is -2.33. The Hall–Kier alpha value is -0.660. The monoisotopic (exact) mass is 317 g/mol. The van der Waals surface area contributed by atoms with Gasteiger partial charge in [0.05, 0.1) is 6.26 Å². The largest absolute Gasteiger partial charge is 0.353 e. The van der Waals surface area contributed by atoms with Crippen molar-refractivity contribution in [3.63, 3.8) is 0 Å². The number of nitrogens with two attached hydrogens (primary N) is 1. The van der Waals surface area contributed by atoms with Crippen LogP contribution < -0.4 is 11.1 Å². The minimum atomic E-state index is -3.10. The molecule has 122 valence electrons. The van der Waals surface area contributed by atoms with Crippen molar-refractivity contribution in [1.29, 1.82) is 0 Å². The molecule has 0 aromatic heterocycles. The molecule has 1 aliphatic carbocycles. The van der Waals surface area contributed by atoms with E-state index in [0.717, 1.165) is 32.2 Å². The molecule has 0 radical (unpaired) electrons. The van der Waals surface area contributed by atoms with Gasteiger partial charge in [-0.1, -0.05) is 0 Å². The van der Waals surface area contributed by atoms with Crippen LogP contribution in [0.2, 0.25) is 0 Å². The summed E-state index contributed by atoms with van der Waals surface area (Å²) in [6.07, 6.45) is 6.59. The van der Waals surface area contributed by atoms with E-state index in [0.29, 0.717) is 31.8 Å². The molecule has 2 fully saturated rings. The SMILES string of the molecule is CS(=O)(=O)N1CCC(NC(=O)C2CCC(CN)CC2)CC1. The van der Waals surface area contributed by atoms with Gasteiger partial charge in [-0.15, -0.1) is 0 Å². The Morgan fingerprint density at radius 1 is 1.14 bits per heavy atom. The van der Waals surface area contributed by atoms with E-state index < -0.39 is 10.0 Å². The van der Waals surface area contributed by atoms with Crippen LogP contribution in [0.3, 0.4) is 0 Å². The molecule has 2 aliphatic rings. The van der Waals surface area contributed by atoms with Crippen LogP contribution in [0.5, 0.6) is 0 Å². The summed E-state index contributed by atoms with van der Waals surface area (Å²) in [6.45, 7) is 1.73. The zero-order valence-electron chi connectivity index (χ0n) is 12.8. The number of nitrogens with one attached hydrogen (secondary N) is 1. The van der Waals surface area contributed by atoms with Gasteiger partial charge < -0.3 is 11.1 Å². The predicted octanol–water partition coefficient (Wildman–Crippen LogP) is 0.292. The number of carbonyl (C=O) groups excluding carboxylic acids is 1. The molecule has 1 amide bonds. The highest BCUT2D eigenvalue weighted by molar-refractivity contribution is 7.88. The van der Waals surface area contributed by atoms with Crippen LogP contribution in [0.15, 0.2) is 0 Å². The molecule has 1 saturated carbocycles. The lowest BCUT2D eigenvalue weighted by atomic mass is 9.81. The summed E-state index contributed by atoms with van der Waals surface area (Å²) in [6, 6.07) is 0.114. The van der Waals surface area contributed by atoms with E-state index in [1.165, 1.54) is 10.6 Å². The second-order valence-electron chi connectivity index (χ2n) is 6.40. The highest BCUT2D eigenvalue weighted by Gasteiger charge is 2.29. The minimum Gasteiger partial charge on any atom is -0.353 e. The summed E-state index contributed by atoms with van der Waals surface area (Å²) >= 11 is 0. The lowest BCUT2D eigenvalue weighted by Crippen LogP contribution is -2.48. The third-order valence-electron chi connectivity index (χ3n) is 4.82. The smallest absolute Gasteiger partial charge is 0.223 e. The van der Waals surface area contributed by atoms with Gasteiger partial charge in [-0.3, -0.25) is 4.79 Å². The Morgan fingerprint density at radius 2 is 1.71 bits per heavy atom. The molecule has 0 spiro atoms. The molecule has 0 unspecified atom stereocenters. The molecule has 1 aliphatic heterocycles. The third-order valence-corrected chi connectivity index (χ3v) is 6.12. The molecule has 21 heavy (non-hydrogen) atoms. The van der Waals surface area contributed by atoms with E-state index in [1.54, 1.807) is 0 Å². The maximum Gasteiger partial charge on any atom is 0.223 e. The quantitative estimate of drug-likeness (QED) is 0.779. The average molecular weight is 317 g/mol. The van der Waals surface area contributed by atoms with Crippen molar-refractivity contribution in [2.24, 2.45) is 17.6 Å². The summed E-state index contributed by atoms with van der Waals surface area (Å²) in [4.78, 5) is 12.3. The van der Waals surface area contributed by atoms with Gasteiger partial charge >= 0.3 is 0 Å². The fraction of sp³-hybridized carbons (Fsp3) is 0.929. The molecule has 1 saturated heterocycles. The fourth-order valence-corrected chi connectivity index (χ4v) is 4.19. The average Bonchev–Trinajstić information content (AvgIpc) is 2.47. The maximum absolute atomic E-state index is 12.3. The van der Waals surface area contributed by atoms with Gasteiger partial charge in [0, 0.05) is 25.0 Å². The number of sulfonamides is 1. The van der Waals surface area contributed by atoms with Crippen LogP contribution >= 0.6 is 0 Å². The zero-order chi connectivity index (χ0) is 15.5. The summed E-state index contributed by atoms with van der Waals surface area (Å²) < 4.78 is 24.4. The van der Waals surface area contributed by atoms with Crippen molar-refractivity contribution < 1.29 is 13.2 Å². The molecule has 2 rings (SSSR count). The number of nitrogens with zero attached hydrogens (tertiary/aromatic N) is 1. The van der Waals surface area contributed by atoms with Crippen LogP contribution in [-0.4, -0.2) is 50.6 Å². The van der Waals surface area contributed by atoms with Crippen LogP contribution in [-0.2, 0) is 14.8 Å². The van der Waals surface area contributed by atoms with E-state index in [9.17, 15) is 13.2 Å². The van der Waals surface area contributed by atoms with Crippen molar-refractivity contribution in [2.75, 3.05) is 25.9 Å². The molecule has 7 heteroatoms. The molecule has 0 aromatic rings. The van der Waals surface area contributed by atoms with Gasteiger partial charge in [0.25, 0.3) is 0 Å². The topological polar surface area (TPSA) is 92.5 Å². The first-order valence-electron chi connectivity index (χ1n) is 7.85. The number of piperidine rings is 1. The number of hydrogen-bond donors (Lipinski definition) is 2. The Balaban J connectivity index is 1.75. The van der Waals surface area contributed by atoms with Gasteiger partial charge in [0.2, 0.25) is 15.9 Å². The second-order valence-corrected chi connectivity index (χ2v) is 8.38. The van der Waals surface area contributed by atoms with Crippen molar-refractivity contribution in [2.45, 2.75) is 44.6 Å². The molecule has 6 nitrogen and oxygen atoms in total. The Morgan fingerprint density at radius 3 is 2.19 bits per heavy atom. The molecule has 0 atom stereocenters. The van der Waals surface area contributed by atoms with Crippen LogP contribution in [0.4, 0.5) is 0 Å². The van der Waals surface area contributed by atoms with E-state index in [1.807, 2.05) is 0 Å². The van der Waals surface area contributed by atoms with Gasteiger partial charge in [0.15, 0.2) is 0 Å². The van der Waals surface area contributed by atoms with Crippen LogP contribution in [0, 0.1) is 11.8 Å². The molecule has 0 bridgehead atoms. The Kier molecular flexibility index (Phi) is 5.62.